The maximum Gasteiger partial charge on any atom is 0.182 e. The van der Waals surface area contributed by atoms with E-state index in [1.807, 2.05) is 11.8 Å². The van der Waals surface area contributed by atoms with Gasteiger partial charge in [0, 0.05) is 5.75 Å². The minimum Gasteiger partial charge on any atom is -0.362 e. The Morgan fingerprint density at radius 1 is 1.82 bits per heavy atom. The summed E-state index contributed by atoms with van der Waals surface area (Å²) in [4.78, 5) is 0. The molecule has 1 rings (SSSR count). The van der Waals surface area contributed by atoms with Crippen LogP contribution in [0.1, 0.15) is 13.3 Å². The van der Waals surface area contributed by atoms with Crippen LogP contribution >= 0.6 is 11.8 Å². The molecular formula is C8H14O2S. The standard InChI is InChI=1S/C8H14O2S/c1-3-8(2,9)10-7-4-5-11-6-7/h3,7,9H,1,4-6H2,2H3/t7-,8+/m1/s1. The van der Waals surface area contributed by atoms with Gasteiger partial charge in [-0.05, 0) is 25.2 Å². The highest BCUT2D eigenvalue weighted by molar-refractivity contribution is 7.99. The molecule has 0 spiro atoms. The first-order valence-corrected chi connectivity index (χ1v) is 4.91. The first-order valence-electron chi connectivity index (χ1n) is 3.75. The molecule has 0 aromatic rings. The zero-order chi connectivity index (χ0) is 8.32. The Morgan fingerprint density at radius 3 is 3.00 bits per heavy atom. The monoisotopic (exact) mass is 174 g/mol. The van der Waals surface area contributed by atoms with Gasteiger partial charge in [0.25, 0.3) is 0 Å². The molecule has 1 heterocycles. The molecule has 1 aliphatic rings. The van der Waals surface area contributed by atoms with Crippen LogP contribution in [0.2, 0.25) is 0 Å². The average Bonchev–Trinajstić information content (AvgIpc) is 2.39. The predicted molar refractivity (Wildman–Crippen MR) is 47.6 cm³/mol. The fourth-order valence-corrected chi connectivity index (χ4v) is 2.09. The number of rotatable bonds is 3. The first-order chi connectivity index (χ1) is 5.14. The van der Waals surface area contributed by atoms with Gasteiger partial charge in [0.2, 0.25) is 0 Å². The highest BCUT2D eigenvalue weighted by atomic mass is 32.2. The van der Waals surface area contributed by atoms with Crippen LogP contribution in [0.3, 0.4) is 0 Å². The number of hydrogen-bond donors (Lipinski definition) is 1. The molecule has 0 radical (unpaired) electrons. The van der Waals surface area contributed by atoms with Crippen molar-refractivity contribution in [3.8, 4) is 0 Å². The number of aliphatic hydroxyl groups is 1. The fraction of sp³-hybridized carbons (Fsp3) is 0.750. The maximum absolute atomic E-state index is 9.43. The van der Waals surface area contributed by atoms with Crippen molar-refractivity contribution in [2.45, 2.75) is 25.2 Å². The van der Waals surface area contributed by atoms with Crippen LogP contribution in [-0.2, 0) is 4.74 Å². The minimum absolute atomic E-state index is 0.202. The molecule has 0 aromatic carbocycles. The van der Waals surface area contributed by atoms with Gasteiger partial charge in [-0.1, -0.05) is 6.58 Å². The lowest BCUT2D eigenvalue weighted by Gasteiger charge is -2.23. The van der Waals surface area contributed by atoms with Crippen LogP contribution in [0.4, 0.5) is 0 Å². The lowest BCUT2D eigenvalue weighted by Crippen LogP contribution is -2.31. The van der Waals surface area contributed by atoms with Gasteiger partial charge in [0.1, 0.15) is 0 Å². The van der Waals surface area contributed by atoms with Crippen molar-refractivity contribution in [2.75, 3.05) is 11.5 Å². The van der Waals surface area contributed by atoms with E-state index in [0.717, 1.165) is 17.9 Å². The van der Waals surface area contributed by atoms with E-state index in [9.17, 15) is 5.11 Å². The molecular weight excluding hydrogens is 160 g/mol. The van der Waals surface area contributed by atoms with Crippen LogP contribution in [-0.4, -0.2) is 28.5 Å². The predicted octanol–water partition coefficient (Wildman–Crippen LogP) is 1.40. The zero-order valence-corrected chi connectivity index (χ0v) is 7.56. The SMILES string of the molecule is C=C[C@@](C)(O)O[C@@H]1CCSC1. The normalized spacial score (nSPS) is 29.8. The summed E-state index contributed by atoms with van der Waals surface area (Å²) in [6, 6.07) is 0. The minimum atomic E-state index is -1.14. The summed E-state index contributed by atoms with van der Waals surface area (Å²) >= 11 is 1.86. The van der Waals surface area contributed by atoms with E-state index < -0.39 is 5.79 Å². The molecule has 2 nitrogen and oxygen atoms in total. The molecule has 0 amide bonds. The molecule has 11 heavy (non-hydrogen) atoms. The van der Waals surface area contributed by atoms with Gasteiger partial charge in [0.15, 0.2) is 5.79 Å². The Bertz CT molecular complexity index is 139. The van der Waals surface area contributed by atoms with Crippen molar-refractivity contribution in [1.29, 1.82) is 0 Å². The van der Waals surface area contributed by atoms with Gasteiger partial charge in [-0.25, -0.2) is 0 Å². The molecule has 1 aliphatic heterocycles. The van der Waals surface area contributed by atoms with E-state index in [-0.39, 0.29) is 6.10 Å². The van der Waals surface area contributed by atoms with Crippen molar-refractivity contribution >= 4 is 11.8 Å². The smallest absolute Gasteiger partial charge is 0.182 e. The second-order valence-electron chi connectivity index (χ2n) is 2.86. The first kappa shape index (κ1) is 9.10. The number of ether oxygens (including phenoxy) is 1. The van der Waals surface area contributed by atoms with E-state index in [4.69, 9.17) is 4.74 Å². The average molecular weight is 174 g/mol. The van der Waals surface area contributed by atoms with Crippen molar-refractivity contribution in [3.63, 3.8) is 0 Å². The van der Waals surface area contributed by atoms with Crippen molar-refractivity contribution in [1.82, 2.24) is 0 Å². The van der Waals surface area contributed by atoms with Crippen molar-refractivity contribution in [3.05, 3.63) is 12.7 Å². The number of hydrogen-bond acceptors (Lipinski definition) is 3. The van der Waals surface area contributed by atoms with Gasteiger partial charge in [-0.15, -0.1) is 0 Å². The second kappa shape index (κ2) is 3.61. The summed E-state index contributed by atoms with van der Waals surface area (Å²) in [6.07, 6.45) is 2.66. The van der Waals surface area contributed by atoms with Gasteiger partial charge in [-0.3, -0.25) is 0 Å². The summed E-state index contributed by atoms with van der Waals surface area (Å²) in [5.74, 6) is 0.984. The molecule has 0 unspecified atom stereocenters. The van der Waals surface area contributed by atoms with Gasteiger partial charge >= 0.3 is 0 Å². The van der Waals surface area contributed by atoms with Gasteiger partial charge in [0.05, 0.1) is 6.10 Å². The van der Waals surface area contributed by atoms with Crippen LogP contribution < -0.4 is 0 Å². The Morgan fingerprint density at radius 2 is 2.55 bits per heavy atom. The number of thioether (sulfide) groups is 1. The molecule has 64 valence electrons. The van der Waals surface area contributed by atoms with E-state index >= 15 is 0 Å². The lowest BCUT2D eigenvalue weighted by atomic mass is 10.3. The molecule has 1 saturated heterocycles. The van der Waals surface area contributed by atoms with E-state index in [2.05, 4.69) is 6.58 Å². The van der Waals surface area contributed by atoms with Gasteiger partial charge < -0.3 is 9.84 Å². The highest BCUT2D eigenvalue weighted by Crippen LogP contribution is 2.23. The topological polar surface area (TPSA) is 29.5 Å². The third kappa shape index (κ3) is 2.85. The van der Waals surface area contributed by atoms with Crippen molar-refractivity contribution < 1.29 is 9.84 Å². The van der Waals surface area contributed by atoms with Crippen LogP contribution in [0.5, 0.6) is 0 Å². The summed E-state index contributed by atoms with van der Waals surface area (Å²) in [5, 5.41) is 9.43. The van der Waals surface area contributed by atoms with Crippen LogP contribution in [0.15, 0.2) is 12.7 Å². The van der Waals surface area contributed by atoms with E-state index in [1.165, 1.54) is 6.08 Å². The summed E-state index contributed by atoms with van der Waals surface area (Å²) in [6.45, 7) is 5.11. The lowest BCUT2D eigenvalue weighted by molar-refractivity contribution is -0.177. The molecule has 0 aromatic heterocycles. The second-order valence-corrected chi connectivity index (χ2v) is 4.01. The summed E-state index contributed by atoms with van der Waals surface area (Å²) < 4.78 is 5.36. The molecule has 3 heteroatoms. The fourth-order valence-electron chi connectivity index (χ4n) is 0.991. The molecule has 0 bridgehead atoms. The van der Waals surface area contributed by atoms with E-state index in [0.29, 0.717) is 0 Å². The largest absolute Gasteiger partial charge is 0.362 e. The summed E-state index contributed by atoms with van der Waals surface area (Å²) in [5.41, 5.74) is 0. The quantitative estimate of drug-likeness (QED) is 0.518. The van der Waals surface area contributed by atoms with Crippen molar-refractivity contribution in [2.24, 2.45) is 0 Å². The Kier molecular flexibility index (Phi) is 2.98. The van der Waals surface area contributed by atoms with Crippen LogP contribution in [0.25, 0.3) is 0 Å². The third-order valence-electron chi connectivity index (χ3n) is 1.67. The maximum atomic E-state index is 9.43. The van der Waals surface area contributed by atoms with E-state index in [1.54, 1.807) is 6.92 Å². The Labute approximate surface area is 71.6 Å². The summed E-state index contributed by atoms with van der Waals surface area (Å²) in [7, 11) is 0. The molecule has 0 aliphatic carbocycles. The zero-order valence-electron chi connectivity index (χ0n) is 6.75. The highest BCUT2D eigenvalue weighted by Gasteiger charge is 2.24. The Balaban J connectivity index is 2.33. The molecule has 0 saturated carbocycles. The van der Waals surface area contributed by atoms with Gasteiger partial charge in [-0.2, -0.15) is 11.8 Å². The third-order valence-corrected chi connectivity index (χ3v) is 2.80. The molecule has 1 fully saturated rings. The van der Waals surface area contributed by atoms with Crippen LogP contribution in [0, 0.1) is 0 Å². The Hall–Kier alpha value is 0.0100. The molecule has 1 N–H and O–H groups in total. The molecule has 2 atom stereocenters.